The van der Waals surface area contributed by atoms with E-state index in [0.29, 0.717) is 6.54 Å². The molecule has 0 saturated carbocycles. The summed E-state index contributed by atoms with van der Waals surface area (Å²) in [6.45, 7) is 1.44. The molecule has 0 saturated heterocycles. The zero-order chi connectivity index (χ0) is 11.0. The van der Waals surface area contributed by atoms with Gasteiger partial charge in [0.2, 0.25) is 0 Å². The number of pyridine rings is 1. The zero-order valence-electron chi connectivity index (χ0n) is 8.46. The van der Waals surface area contributed by atoms with Crippen LogP contribution in [0.5, 0.6) is 0 Å². The number of aromatic nitrogens is 2. The third-order valence-electron chi connectivity index (χ3n) is 2.44. The van der Waals surface area contributed by atoms with Crippen molar-refractivity contribution >= 4 is 17.4 Å². The van der Waals surface area contributed by atoms with E-state index < -0.39 is 0 Å². The molecule has 0 N–H and O–H groups in total. The van der Waals surface area contributed by atoms with Crippen molar-refractivity contribution in [1.82, 2.24) is 9.55 Å². The lowest BCUT2D eigenvalue weighted by molar-refractivity contribution is 0.740. The minimum atomic E-state index is 0.0603. The molecular formula is C11H9N3OS. The van der Waals surface area contributed by atoms with Crippen LogP contribution < -0.4 is 14.9 Å². The van der Waals surface area contributed by atoms with Gasteiger partial charge in [0.25, 0.3) is 5.56 Å². The Kier molecular flexibility index (Phi) is 2.18. The van der Waals surface area contributed by atoms with E-state index >= 15 is 0 Å². The van der Waals surface area contributed by atoms with Crippen LogP contribution in [0.15, 0.2) is 34.3 Å². The van der Waals surface area contributed by atoms with Crippen molar-refractivity contribution in [3.8, 4) is 0 Å². The summed E-state index contributed by atoms with van der Waals surface area (Å²) >= 11 is 1.44. The van der Waals surface area contributed by atoms with Crippen molar-refractivity contribution in [2.24, 2.45) is 4.99 Å². The molecule has 0 spiro atoms. The van der Waals surface area contributed by atoms with E-state index in [2.05, 4.69) is 9.98 Å². The van der Waals surface area contributed by atoms with Crippen LogP contribution in [0.4, 0.5) is 0 Å². The first-order valence-electron chi connectivity index (χ1n) is 5.00. The Hall–Kier alpha value is -1.75. The van der Waals surface area contributed by atoms with Crippen LogP contribution in [-0.4, -0.2) is 16.1 Å². The molecule has 2 aromatic rings. The summed E-state index contributed by atoms with van der Waals surface area (Å²) in [7, 11) is 0. The minimum absolute atomic E-state index is 0.0603. The topological polar surface area (TPSA) is 47.2 Å². The van der Waals surface area contributed by atoms with Gasteiger partial charge < -0.3 is 0 Å². The van der Waals surface area contributed by atoms with Crippen LogP contribution in [-0.2, 0) is 6.54 Å². The first kappa shape index (κ1) is 9.47. The fraction of sp³-hybridized carbons (Fsp3) is 0.182. The van der Waals surface area contributed by atoms with Crippen LogP contribution in [0.25, 0.3) is 6.08 Å². The molecule has 5 heteroatoms. The molecule has 0 fully saturated rings. The van der Waals surface area contributed by atoms with Crippen molar-refractivity contribution in [3.63, 3.8) is 0 Å². The van der Waals surface area contributed by atoms with Gasteiger partial charge in [0.15, 0.2) is 4.80 Å². The van der Waals surface area contributed by atoms with Crippen LogP contribution in [0.2, 0.25) is 0 Å². The Labute approximate surface area is 95.2 Å². The maximum atomic E-state index is 11.9. The highest BCUT2D eigenvalue weighted by molar-refractivity contribution is 7.07. The monoisotopic (exact) mass is 231 g/mol. The van der Waals surface area contributed by atoms with Crippen molar-refractivity contribution in [2.45, 2.75) is 6.54 Å². The van der Waals surface area contributed by atoms with Crippen molar-refractivity contribution in [1.29, 1.82) is 0 Å². The molecule has 0 atom stereocenters. The Morgan fingerprint density at radius 3 is 3.19 bits per heavy atom. The van der Waals surface area contributed by atoms with Gasteiger partial charge >= 0.3 is 0 Å². The number of nitrogens with zero attached hydrogens (tertiary/aromatic N) is 3. The summed E-state index contributed by atoms with van der Waals surface area (Å²) in [5.74, 6) is 0. The lowest BCUT2D eigenvalue weighted by Gasteiger charge is -1.88. The van der Waals surface area contributed by atoms with E-state index in [9.17, 15) is 4.79 Å². The van der Waals surface area contributed by atoms with Gasteiger partial charge in [-0.2, -0.15) is 0 Å². The molecule has 1 aliphatic rings. The number of fused-ring (bicyclic) bond motifs is 1. The van der Waals surface area contributed by atoms with E-state index in [0.717, 1.165) is 21.4 Å². The number of rotatable bonds is 1. The van der Waals surface area contributed by atoms with Crippen LogP contribution in [0.1, 0.15) is 5.56 Å². The summed E-state index contributed by atoms with van der Waals surface area (Å²) < 4.78 is 2.46. The maximum Gasteiger partial charge on any atom is 0.270 e. The summed E-state index contributed by atoms with van der Waals surface area (Å²) in [5, 5.41) is 0. The SMILES string of the molecule is O=c1/c(=C/c2cccnc2)sc2n1CCN=2. The third-order valence-corrected chi connectivity index (χ3v) is 3.49. The highest BCUT2D eigenvalue weighted by Crippen LogP contribution is 1.96. The normalized spacial score (nSPS) is 14.9. The Morgan fingerprint density at radius 2 is 2.44 bits per heavy atom. The predicted molar refractivity (Wildman–Crippen MR) is 62.0 cm³/mol. The highest BCUT2D eigenvalue weighted by atomic mass is 32.1. The predicted octanol–water partition coefficient (Wildman–Crippen LogP) is -0.233. The van der Waals surface area contributed by atoms with Crippen molar-refractivity contribution < 1.29 is 0 Å². The van der Waals surface area contributed by atoms with E-state index in [-0.39, 0.29) is 5.56 Å². The summed E-state index contributed by atoms with van der Waals surface area (Å²) in [4.78, 5) is 21.0. The molecule has 4 nitrogen and oxygen atoms in total. The molecule has 0 bridgehead atoms. The molecule has 0 radical (unpaired) electrons. The fourth-order valence-corrected chi connectivity index (χ4v) is 2.71. The second-order valence-corrected chi connectivity index (χ2v) is 4.53. The molecule has 16 heavy (non-hydrogen) atoms. The Bertz CT molecular complexity index is 684. The van der Waals surface area contributed by atoms with E-state index in [4.69, 9.17) is 0 Å². The van der Waals surface area contributed by atoms with Crippen LogP contribution in [0, 0.1) is 0 Å². The molecule has 1 aliphatic heterocycles. The van der Waals surface area contributed by atoms with Gasteiger partial charge in [-0.3, -0.25) is 19.3 Å². The van der Waals surface area contributed by atoms with Gasteiger partial charge in [0.1, 0.15) is 0 Å². The summed E-state index contributed by atoms with van der Waals surface area (Å²) in [6.07, 6.45) is 5.32. The van der Waals surface area contributed by atoms with Crippen LogP contribution >= 0.6 is 11.3 Å². The first-order valence-corrected chi connectivity index (χ1v) is 5.82. The van der Waals surface area contributed by atoms with Gasteiger partial charge in [-0.25, -0.2) is 0 Å². The van der Waals surface area contributed by atoms with Gasteiger partial charge in [-0.15, -0.1) is 0 Å². The third kappa shape index (κ3) is 1.49. The molecule has 3 rings (SSSR count). The van der Waals surface area contributed by atoms with Crippen LogP contribution in [0.3, 0.4) is 0 Å². The highest BCUT2D eigenvalue weighted by Gasteiger charge is 2.09. The maximum absolute atomic E-state index is 11.9. The zero-order valence-corrected chi connectivity index (χ0v) is 9.28. The van der Waals surface area contributed by atoms with Gasteiger partial charge in [0, 0.05) is 18.9 Å². The van der Waals surface area contributed by atoms with Gasteiger partial charge in [-0.05, 0) is 17.7 Å². The molecule has 0 amide bonds. The van der Waals surface area contributed by atoms with E-state index in [1.54, 1.807) is 17.0 Å². The second kappa shape index (κ2) is 3.68. The molecular weight excluding hydrogens is 222 g/mol. The van der Waals surface area contributed by atoms with E-state index in [1.165, 1.54) is 11.3 Å². The van der Waals surface area contributed by atoms with Crippen molar-refractivity contribution in [3.05, 3.63) is 49.8 Å². The smallest absolute Gasteiger partial charge is 0.270 e. The molecule has 0 aromatic carbocycles. The minimum Gasteiger partial charge on any atom is -0.282 e. The Balaban J connectivity index is 2.22. The molecule has 0 aliphatic carbocycles. The molecule has 2 aromatic heterocycles. The first-order chi connectivity index (χ1) is 7.84. The second-order valence-electron chi connectivity index (χ2n) is 3.52. The number of hydrogen-bond donors (Lipinski definition) is 0. The average Bonchev–Trinajstić information content (AvgIpc) is 2.86. The largest absolute Gasteiger partial charge is 0.282 e. The molecule has 80 valence electrons. The van der Waals surface area contributed by atoms with Crippen molar-refractivity contribution in [2.75, 3.05) is 6.54 Å². The summed E-state index contributed by atoms with van der Waals surface area (Å²) in [5.41, 5.74) is 1.00. The standard InChI is InChI=1S/C11H9N3OS/c15-10-9(6-8-2-1-3-12-7-8)16-11-13-4-5-14(10)11/h1-3,6-7H,4-5H2/b9-6-. The average molecular weight is 231 g/mol. The van der Waals surface area contributed by atoms with Gasteiger partial charge in [0.05, 0.1) is 11.1 Å². The van der Waals surface area contributed by atoms with E-state index in [1.807, 2.05) is 18.2 Å². The quantitative estimate of drug-likeness (QED) is 0.680. The van der Waals surface area contributed by atoms with Gasteiger partial charge in [-0.1, -0.05) is 17.4 Å². The molecule has 3 heterocycles. The lowest BCUT2D eigenvalue weighted by atomic mass is 10.3. The molecule has 0 unspecified atom stereocenters. The summed E-state index contributed by atoms with van der Waals surface area (Å²) in [6, 6.07) is 3.79. The number of hydrogen-bond acceptors (Lipinski definition) is 4. The Morgan fingerprint density at radius 1 is 1.50 bits per heavy atom. The lowest BCUT2D eigenvalue weighted by Crippen LogP contribution is -2.29. The fourth-order valence-electron chi connectivity index (χ4n) is 1.68. The number of thiazole rings is 1.